The van der Waals surface area contributed by atoms with Crippen LogP contribution in [0.25, 0.3) is 33.4 Å². The summed E-state index contributed by atoms with van der Waals surface area (Å²) in [5.74, 6) is 0.437. The molecule has 0 saturated heterocycles. The lowest BCUT2D eigenvalue weighted by molar-refractivity contribution is 0.0686. The van der Waals surface area contributed by atoms with E-state index in [4.69, 9.17) is 6.42 Å². The van der Waals surface area contributed by atoms with Gasteiger partial charge in [-0.2, -0.15) is 0 Å². The summed E-state index contributed by atoms with van der Waals surface area (Å²) in [5.41, 5.74) is 4.92. The molecule has 0 fully saturated rings. The maximum atomic E-state index is 11.9. The maximum absolute atomic E-state index is 11.9. The normalized spacial score (nSPS) is 10.3. The van der Waals surface area contributed by atoms with Crippen LogP contribution in [0.4, 0.5) is 0 Å². The summed E-state index contributed by atoms with van der Waals surface area (Å²) in [6.45, 7) is 0. The van der Waals surface area contributed by atoms with Crippen molar-refractivity contribution < 1.29 is 19.8 Å². The Labute approximate surface area is 185 Å². The molecule has 0 aliphatic rings. The molecule has 4 aromatic rings. The van der Waals surface area contributed by atoms with Crippen LogP contribution in [-0.4, -0.2) is 22.2 Å². The van der Waals surface area contributed by atoms with Crippen molar-refractivity contribution in [2.45, 2.75) is 0 Å². The van der Waals surface area contributed by atoms with Gasteiger partial charge in [-0.25, -0.2) is 9.59 Å². The summed E-state index contributed by atoms with van der Waals surface area (Å²) in [6, 6.07) is 26.9. The van der Waals surface area contributed by atoms with Crippen molar-refractivity contribution >= 4 is 11.9 Å². The Kier molecular flexibility index (Phi) is 5.57. The third-order valence-corrected chi connectivity index (χ3v) is 5.28. The Morgan fingerprint density at radius 3 is 1.81 bits per heavy atom. The first-order valence-electron chi connectivity index (χ1n) is 9.86. The van der Waals surface area contributed by atoms with Crippen molar-refractivity contribution in [3.05, 3.63) is 108 Å². The van der Waals surface area contributed by atoms with Gasteiger partial charge in [0.25, 0.3) is 0 Å². The first-order chi connectivity index (χ1) is 15.5. The molecule has 0 radical (unpaired) electrons. The van der Waals surface area contributed by atoms with Crippen molar-refractivity contribution in [1.82, 2.24) is 0 Å². The van der Waals surface area contributed by atoms with E-state index in [-0.39, 0.29) is 16.7 Å². The number of hydrogen-bond donors (Lipinski definition) is 2. The monoisotopic (exact) mass is 418 g/mol. The van der Waals surface area contributed by atoms with Gasteiger partial charge in [0, 0.05) is 11.1 Å². The van der Waals surface area contributed by atoms with E-state index in [0.717, 1.165) is 22.3 Å². The van der Waals surface area contributed by atoms with Gasteiger partial charge in [-0.1, -0.05) is 78.7 Å². The quantitative estimate of drug-likeness (QED) is 0.386. The lowest BCUT2D eigenvalue weighted by Gasteiger charge is -2.18. The fraction of sp³-hybridized carbons (Fsp3) is 0. The van der Waals surface area contributed by atoms with Crippen LogP contribution < -0.4 is 0 Å². The molecule has 32 heavy (non-hydrogen) atoms. The number of rotatable bonds is 5. The second kappa shape index (κ2) is 8.63. The number of benzene rings is 4. The Balaban J connectivity index is 2.10. The fourth-order valence-corrected chi connectivity index (χ4v) is 3.83. The van der Waals surface area contributed by atoms with Crippen molar-refractivity contribution in [3.63, 3.8) is 0 Å². The van der Waals surface area contributed by atoms with Gasteiger partial charge < -0.3 is 10.2 Å². The minimum atomic E-state index is -1.11. The second-order valence-corrected chi connectivity index (χ2v) is 7.16. The molecule has 0 spiro atoms. The Morgan fingerprint density at radius 2 is 1.25 bits per heavy atom. The van der Waals surface area contributed by atoms with Crippen molar-refractivity contribution in [2.24, 2.45) is 0 Å². The zero-order valence-corrected chi connectivity index (χ0v) is 16.9. The highest BCUT2D eigenvalue weighted by Crippen LogP contribution is 2.41. The van der Waals surface area contributed by atoms with Gasteiger partial charge >= 0.3 is 11.9 Å². The lowest BCUT2D eigenvalue weighted by atomic mass is 9.84. The van der Waals surface area contributed by atoms with Crippen LogP contribution in [0, 0.1) is 12.3 Å². The smallest absolute Gasteiger partial charge is 0.336 e. The van der Waals surface area contributed by atoms with E-state index in [9.17, 15) is 19.8 Å². The van der Waals surface area contributed by atoms with E-state index in [2.05, 4.69) is 5.92 Å². The standard InChI is InChI=1S/C28H18O4/c1-2-21-24(28(31)32)16-15-23(26(21)19-11-7-4-8-12-19)22-14-13-20(27(29)30)17-25(22)18-9-5-3-6-10-18/h1,3-17H,(H,29,30)(H,31,32). The van der Waals surface area contributed by atoms with Crippen LogP contribution >= 0.6 is 0 Å². The third-order valence-electron chi connectivity index (χ3n) is 5.28. The molecule has 0 aliphatic heterocycles. The van der Waals surface area contributed by atoms with Crippen LogP contribution in [0.2, 0.25) is 0 Å². The Morgan fingerprint density at radius 1 is 0.656 bits per heavy atom. The first-order valence-corrected chi connectivity index (χ1v) is 9.86. The van der Waals surface area contributed by atoms with Crippen LogP contribution in [0.3, 0.4) is 0 Å². The predicted molar refractivity (Wildman–Crippen MR) is 125 cm³/mol. The van der Waals surface area contributed by atoms with E-state index < -0.39 is 11.9 Å². The summed E-state index contributed by atoms with van der Waals surface area (Å²) in [5, 5.41) is 19.2. The molecular formula is C28H18O4. The van der Waals surface area contributed by atoms with Crippen molar-refractivity contribution in [2.75, 3.05) is 0 Å². The van der Waals surface area contributed by atoms with Gasteiger partial charge in [0.1, 0.15) is 0 Å². The number of carbonyl (C=O) groups is 2. The summed E-state index contributed by atoms with van der Waals surface area (Å²) < 4.78 is 0. The Hall–Kier alpha value is -4.62. The van der Waals surface area contributed by atoms with Gasteiger partial charge in [0.15, 0.2) is 0 Å². The topological polar surface area (TPSA) is 74.6 Å². The molecule has 0 unspecified atom stereocenters. The van der Waals surface area contributed by atoms with Crippen LogP contribution in [0.1, 0.15) is 26.3 Å². The Bertz CT molecular complexity index is 1360. The average Bonchev–Trinajstić information content (AvgIpc) is 2.83. The molecule has 4 heteroatoms. The van der Waals surface area contributed by atoms with Gasteiger partial charge in [-0.3, -0.25) is 0 Å². The minimum Gasteiger partial charge on any atom is -0.478 e. The summed E-state index contributed by atoms with van der Waals surface area (Å²) in [4.78, 5) is 23.5. The highest BCUT2D eigenvalue weighted by Gasteiger charge is 2.21. The molecule has 0 bridgehead atoms. The molecule has 0 amide bonds. The molecule has 0 saturated carbocycles. The minimum absolute atomic E-state index is 0.0403. The van der Waals surface area contributed by atoms with Gasteiger partial charge in [-0.15, -0.1) is 6.42 Å². The zero-order chi connectivity index (χ0) is 22.7. The van der Waals surface area contributed by atoms with E-state index in [0.29, 0.717) is 11.1 Å². The molecular weight excluding hydrogens is 400 g/mol. The lowest BCUT2D eigenvalue weighted by Crippen LogP contribution is -2.04. The molecule has 4 aromatic carbocycles. The van der Waals surface area contributed by atoms with Crippen LogP contribution in [0.5, 0.6) is 0 Å². The third kappa shape index (κ3) is 3.76. The molecule has 154 valence electrons. The number of carboxylic acid groups (broad SMARTS) is 2. The number of hydrogen-bond acceptors (Lipinski definition) is 2. The largest absolute Gasteiger partial charge is 0.478 e. The van der Waals surface area contributed by atoms with Crippen molar-refractivity contribution in [1.29, 1.82) is 0 Å². The molecule has 0 heterocycles. The van der Waals surface area contributed by atoms with Crippen LogP contribution in [-0.2, 0) is 0 Å². The van der Waals surface area contributed by atoms with E-state index >= 15 is 0 Å². The fourth-order valence-electron chi connectivity index (χ4n) is 3.83. The second-order valence-electron chi connectivity index (χ2n) is 7.16. The molecule has 4 nitrogen and oxygen atoms in total. The predicted octanol–water partition coefficient (Wildman–Crippen LogP) is 6.07. The molecule has 0 aromatic heterocycles. The summed E-state index contributed by atoms with van der Waals surface area (Å²) >= 11 is 0. The molecule has 0 aliphatic carbocycles. The van der Waals surface area contributed by atoms with Gasteiger partial charge in [0.05, 0.1) is 11.1 Å². The van der Waals surface area contributed by atoms with E-state index in [1.165, 1.54) is 6.07 Å². The van der Waals surface area contributed by atoms with Crippen molar-refractivity contribution in [3.8, 4) is 45.7 Å². The zero-order valence-electron chi connectivity index (χ0n) is 16.9. The first kappa shape index (κ1) is 20.6. The highest BCUT2D eigenvalue weighted by molar-refractivity contribution is 6.01. The molecule has 4 rings (SSSR count). The summed E-state index contributed by atoms with van der Waals surface area (Å²) in [7, 11) is 0. The molecule has 0 atom stereocenters. The van der Waals surface area contributed by atoms with Gasteiger partial charge in [0.2, 0.25) is 0 Å². The van der Waals surface area contributed by atoms with E-state index in [1.807, 2.05) is 60.7 Å². The SMILES string of the molecule is C#Cc1c(C(=O)O)ccc(-c2ccc(C(=O)O)cc2-c2ccccc2)c1-c1ccccc1. The number of aromatic carboxylic acids is 2. The number of carboxylic acids is 2. The molecule has 2 N–H and O–H groups in total. The van der Waals surface area contributed by atoms with Gasteiger partial charge in [-0.05, 0) is 46.0 Å². The van der Waals surface area contributed by atoms with E-state index in [1.54, 1.807) is 24.3 Å². The average molecular weight is 418 g/mol. The van der Waals surface area contributed by atoms with Crippen LogP contribution in [0.15, 0.2) is 91.0 Å². The summed E-state index contributed by atoms with van der Waals surface area (Å²) in [6.07, 6.45) is 5.80. The number of terminal acetylenes is 1. The maximum Gasteiger partial charge on any atom is 0.336 e. The highest BCUT2D eigenvalue weighted by atomic mass is 16.4.